The lowest BCUT2D eigenvalue weighted by Crippen LogP contribution is -2.33. The maximum atomic E-state index is 12.1. The van der Waals surface area contributed by atoms with Crippen molar-refractivity contribution >= 4 is 16.1 Å². The molecular weight excluding hydrogens is 306 g/mol. The maximum absolute atomic E-state index is 12.1. The largest absolute Gasteiger partial charge is 0.460 e. The van der Waals surface area contributed by atoms with Gasteiger partial charge in [-0.1, -0.05) is 30.3 Å². The quantitative estimate of drug-likeness (QED) is 0.544. The second-order valence-corrected chi connectivity index (χ2v) is 7.37. The van der Waals surface area contributed by atoms with Gasteiger partial charge in [-0.05, 0) is 32.4 Å². The molecule has 0 saturated heterocycles. The highest BCUT2D eigenvalue weighted by atomic mass is 32.2. The molecule has 1 aromatic rings. The van der Waals surface area contributed by atoms with Gasteiger partial charge < -0.3 is 10.5 Å². The summed E-state index contributed by atoms with van der Waals surface area (Å²) in [5.41, 5.74) is 5.08. The van der Waals surface area contributed by atoms with Crippen LogP contribution in [0.25, 0.3) is 0 Å². The molecule has 2 N–H and O–H groups in total. The molecule has 124 valence electrons. The zero-order valence-corrected chi connectivity index (χ0v) is 13.8. The fraction of sp³-hybridized carbons (Fsp3) is 0.533. The molecule has 7 heteroatoms. The Hall–Kier alpha value is -1.44. The Morgan fingerprint density at radius 1 is 1.23 bits per heavy atom. The number of nitrogens with two attached hydrogens (primary N) is 1. The Morgan fingerprint density at radius 2 is 1.86 bits per heavy atom. The van der Waals surface area contributed by atoms with Crippen LogP contribution in [0.1, 0.15) is 25.8 Å². The van der Waals surface area contributed by atoms with Gasteiger partial charge in [0.05, 0.1) is 17.8 Å². The van der Waals surface area contributed by atoms with E-state index in [4.69, 9.17) is 14.7 Å². The predicted molar refractivity (Wildman–Crippen MR) is 83.4 cm³/mol. The summed E-state index contributed by atoms with van der Waals surface area (Å²) in [6.45, 7) is 3.32. The van der Waals surface area contributed by atoms with Crippen molar-refractivity contribution in [3.05, 3.63) is 35.9 Å². The van der Waals surface area contributed by atoms with Gasteiger partial charge in [0.2, 0.25) is 0 Å². The van der Waals surface area contributed by atoms with Crippen LogP contribution in [0.15, 0.2) is 30.3 Å². The van der Waals surface area contributed by atoms with Crippen molar-refractivity contribution in [1.82, 2.24) is 0 Å². The van der Waals surface area contributed by atoms with Crippen LogP contribution in [0.3, 0.4) is 0 Å². The summed E-state index contributed by atoms with van der Waals surface area (Å²) >= 11 is 0. The van der Waals surface area contributed by atoms with E-state index in [-0.39, 0.29) is 25.5 Å². The Bertz CT molecular complexity index is 569. The van der Waals surface area contributed by atoms with Crippen molar-refractivity contribution < 1.29 is 22.1 Å². The summed E-state index contributed by atoms with van der Waals surface area (Å²) in [6, 6.07) is 9.25. The lowest BCUT2D eigenvalue weighted by Gasteiger charge is -2.22. The third kappa shape index (κ3) is 6.55. The first-order valence-corrected chi connectivity index (χ1v) is 8.63. The van der Waals surface area contributed by atoms with Crippen molar-refractivity contribution in [2.45, 2.75) is 26.9 Å². The number of hydrogen-bond donors (Lipinski definition) is 1. The molecule has 1 rings (SSSR count). The molecule has 1 aromatic carbocycles. The fourth-order valence-corrected chi connectivity index (χ4v) is 2.65. The lowest BCUT2D eigenvalue weighted by molar-refractivity contribution is -0.156. The van der Waals surface area contributed by atoms with Crippen LogP contribution in [0.2, 0.25) is 0 Å². The molecule has 0 fully saturated rings. The first-order chi connectivity index (χ1) is 10.3. The highest BCUT2D eigenvalue weighted by Crippen LogP contribution is 2.20. The molecule has 0 unspecified atom stereocenters. The summed E-state index contributed by atoms with van der Waals surface area (Å²) < 4.78 is 33.3. The second kappa shape index (κ2) is 8.26. The Morgan fingerprint density at radius 3 is 2.45 bits per heavy atom. The Kier molecular flexibility index (Phi) is 6.99. The average Bonchev–Trinajstić information content (AvgIpc) is 2.50. The van der Waals surface area contributed by atoms with E-state index in [1.807, 2.05) is 30.3 Å². The first kappa shape index (κ1) is 18.6. The number of carbonyl (C=O) groups excluding carboxylic acids is 1. The fourth-order valence-electron chi connectivity index (χ4n) is 1.53. The molecule has 0 radical (unpaired) electrons. The van der Waals surface area contributed by atoms with Gasteiger partial charge in [-0.25, -0.2) is 0 Å². The van der Waals surface area contributed by atoms with Gasteiger partial charge >= 0.3 is 5.97 Å². The van der Waals surface area contributed by atoms with Crippen molar-refractivity contribution in [3.63, 3.8) is 0 Å². The van der Waals surface area contributed by atoms with E-state index in [0.29, 0.717) is 6.42 Å². The first-order valence-electron chi connectivity index (χ1n) is 7.05. The molecule has 0 heterocycles. The summed E-state index contributed by atoms with van der Waals surface area (Å²) in [7, 11) is -3.67. The van der Waals surface area contributed by atoms with Crippen LogP contribution in [-0.2, 0) is 30.4 Å². The third-order valence-electron chi connectivity index (χ3n) is 2.96. The van der Waals surface area contributed by atoms with E-state index in [0.717, 1.165) is 5.56 Å². The van der Waals surface area contributed by atoms with Gasteiger partial charge in [0.15, 0.2) is 0 Å². The van der Waals surface area contributed by atoms with E-state index in [1.54, 1.807) is 13.8 Å². The van der Waals surface area contributed by atoms with Crippen molar-refractivity contribution in [2.24, 2.45) is 11.1 Å². The van der Waals surface area contributed by atoms with Crippen LogP contribution in [-0.4, -0.2) is 33.3 Å². The molecular formula is C15H23NO5S. The van der Waals surface area contributed by atoms with Crippen molar-refractivity contribution in [2.75, 3.05) is 18.9 Å². The normalized spacial score (nSPS) is 12.1. The summed E-state index contributed by atoms with van der Waals surface area (Å²) in [5.74, 6) is -0.663. The van der Waals surface area contributed by atoms with Gasteiger partial charge in [0, 0.05) is 0 Å². The van der Waals surface area contributed by atoms with Crippen molar-refractivity contribution in [1.29, 1.82) is 0 Å². The summed E-state index contributed by atoms with van der Waals surface area (Å²) in [4.78, 5) is 12.1. The standard InChI is InChI=1S/C15H23NO5S/c1-15(2,12-21-22(18,19)10-6-9-16)14(17)20-11-13-7-4-3-5-8-13/h3-5,7-8H,6,9-12,16H2,1-2H3. The molecule has 0 saturated carbocycles. The second-order valence-electron chi connectivity index (χ2n) is 5.61. The summed E-state index contributed by atoms with van der Waals surface area (Å²) in [6.07, 6.45) is 0.321. The van der Waals surface area contributed by atoms with Gasteiger partial charge in [-0.2, -0.15) is 8.42 Å². The van der Waals surface area contributed by atoms with Gasteiger partial charge in [0.1, 0.15) is 6.61 Å². The predicted octanol–water partition coefficient (Wildman–Crippen LogP) is 1.45. The van der Waals surface area contributed by atoms with Gasteiger partial charge in [-0.3, -0.25) is 8.98 Å². The van der Waals surface area contributed by atoms with Gasteiger partial charge in [-0.15, -0.1) is 0 Å². The van der Waals surface area contributed by atoms with Crippen LogP contribution >= 0.6 is 0 Å². The topological polar surface area (TPSA) is 95.7 Å². The lowest BCUT2D eigenvalue weighted by atomic mass is 9.95. The minimum atomic E-state index is -3.67. The van der Waals surface area contributed by atoms with Crippen LogP contribution in [0.5, 0.6) is 0 Å². The van der Waals surface area contributed by atoms with E-state index in [9.17, 15) is 13.2 Å². The minimum Gasteiger partial charge on any atom is -0.460 e. The highest BCUT2D eigenvalue weighted by molar-refractivity contribution is 7.86. The van der Waals surface area contributed by atoms with E-state index >= 15 is 0 Å². The number of esters is 1. The SMILES string of the molecule is CC(C)(COS(=O)(=O)CCCN)C(=O)OCc1ccccc1. The molecule has 6 nitrogen and oxygen atoms in total. The average molecular weight is 329 g/mol. The number of ether oxygens (including phenoxy) is 1. The smallest absolute Gasteiger partial charge is 0.314 e. The van der Waals surface area contributed by atoms with Crippen LogP contribution in [0.4, 0.5) is 0 Å². The highest BCUT2D eigenvalue weighted by Gasteiger charge is 2.32. The number of benzene rings is 1. The third-order valence-corrected chi connectivity index (χ3v) is 4.23. The molecule has 0 bridgehead atoms. The van der Waals surface area contributed by atoms with Crippen LogP contribution in [0, 0.1) is 5.41 Å². The molecule has 0 aliphatic rings. The zero-order valence-electron chi connectivity index (χ0n) is 12.9. The number of rotatable bonds is 9. The Labute approximate surface area is 131 Å². The molecule has 0 amide bonds. The molecule has 0 spiro atoms. The Balaban J connectivity index is 2.49. The summed E-state index contributed by atoms with van der Waals surface area (Å²) in [5, 5.41) is 0. The van der Waals surface area contributed by atoms with Gasteiger partial charge in [0.25, 0.3) is 10.1 Å². The van der Waals surface area contributed by atoms with Crippen molar-refractivity contribution in [3.8, 4) is 0 Å². The van der Waals surface area contributed by atoms with E-state index in [2.05, 4.69) is 0 Å². The molecule has 0 atom stereocenters. The zero-order chi connectivity index (χ0) is 16.6. The molecule has 0 aliphatic carbocycles. The minimum absolute atomic E-state index is 0.142. The molecule has 0 aliphatic heterocycles. The molecule has 0 aromatic heterocycles. The van der Waals surface area contributed by atoms with E-state index < -0.39 is 21.5 Å². The molecule has 22 heavy (non-hydrogen) atoms. The number of carbonyl (C=O) groups is 1. The maximum Gasteiger partial charge on any atom is 0.314 e. The number of hydrogen-bond acceptors (Lipinski definition) is 6. The van der Waals surface area contributed by atoms with E-state index in [1.165, 1.54) is 0 Å². The van der Waals surface area contributed by atoms with Crippen LogP contribution < -0.4 is 5.73 Å². The monoisotopic (exact) mass is 329 g/mol.